The van der Waals surface area contributed by atoms with Gasteiger partial charge in [0.15, 0.2) is 0 Å². The van der Waals surface area contributed by atoms with Gasteiger partial charge in [0, 0.05) is 18.0 Å². The summed E-state index contributed by atoms with van der Waals surface area (Å²) in [6.07, 6.45) is 5.53. The van der Waals surface area contributed by atoms with Gasteiger partial charge >= 0.3 is 0 Å². The van der Waals surface area contributed by atoms with Crippen LogP contribution in [0.3, 0.4) is 0 Å². The fourth-order valence-electron chi connectivity index (χ4n) is 2.30. The highest BCUT2D eigenvalue weighted by atomic mass is 127. The molecule has 1 heterocycles. The van der Waals surface area contributed by atoms with Gasteiger partial charge in [-0.25, -0.2) is 0 Å². The lowest BCUT2D eigenvalue weighted by atomic mass is 10.1. The van der Waals surface area contributed by atoms with Gasteiger partial charge in [0.05, 0.1) is 6.61 Å². The van der Waals surface area contributed by atoms with Crippen LogP contribution in [0, 0.1) is 5.41 Å². The Kier molecular flexibility index (Phi) is 3.15. The Hall–Kier alpha value is 0.650. The topological polar surface area (TPSA) is 12.5 Å². The van der Waals surface area contributed by atoms with Crippen LogP contribution in [-0.4, -0.2) is 30.6 Å². The van der Waals surface area contributed by atoms with E-state index in [2.05, 4.69) is 11.8 Å². The van der Waals surface area contributed by atoms with Gasteiger partial charge in [-0.3, -0.25) is 0 Å². The molecule has 3 heteroatoms. The van der Waals surface area contributed by atoms with E-state index >= 15 is 0 Å². The third-order valence-electron chi connectivity index (χ3n) is 3.55. The fraction of sp³-hybridized carbons (Fsp3) is 1.00. The summed E-state index contributed by atoms with van der Waals surface area (Å²) in [6.45, 7) is 5.89. The molecule has 1 atom stereocenters. The second-order valence-electron chi connectivity index (χ2n) is 4.72. The monoisotopic (exact) mass is 295 g/mol. The zero-order chi connectivity index (χ0) is 9.31. The van der Waals surface area contributed by atoms with E-state index in [1.54, 1.807) is 0 Å². The molecule has 2 rings (SSSR count). The lowest BCUT2D eigenvalue weighted by Gasteiger charge is -2.26. The Bertz CT molecular complexity index is 182. The molecule has 0 aromatic rings. The van der Waals surface area contributed by atoms with Gasteiger partial charge in [0.2, 0.25) is 0 Å². The SMILES string of the molecule is C[C@@H]1CCCN1CC1(COI)CC1. The number of rotatable bonds is 4. The van der Waals surface area contributed by atoms with Crippen LogP contribution in [0.5, 0.6) is 0 Å². The van der Waals surface area contributed by atoms with E-state index in [-0.39, 0.29) is 0 Å². The quantitative estimate of drug-likeness (QED) is 0.739. The highest BCUT2D eigenvalue weighted by Crippen LogP contribution is 2.47. The molecule has 0 unspecified atom stereocenters. The summed E-state index contributed by atoms with van der Waals surface area (Å²) in [7, 11) is 0. The van der Waals surface area contributed by atoms with Gasteiger partial charge in [-0.1, -0.05) is 0 Å². The second kappa shape index (κ2) is 4.03. The maximum Gasteiger partial charge on any atom is 0.109 e. The molecule has 0 aromatic heterocycles. The maximum atomic E-state index is 5.26. The summed E-state index contributed by atoms with van der Waals surface area (Å²) in [4.78, 5) is 2.64. The molecule has 0 aromatic carbocycles. The highest BCUT2D eigenvalue weighted by molar-refractivity contribution is 14.1. The van der Waals surface area contributed by atoms with Crippen molar-refractivity contribution in [2.24, 2.45) is 5.41 Å². The first-order chi connectivity index (χ1) is 6.26. The van der Waals surface area contributed by atoms with Gasteiger partial charge in [0.25, 0.3) is 0 Å². The van der Waals surface area contributed by atoms with Crippen LogP contribution in [0.15, 0.2) is 0 Å². The van der Waals surface area contributed by atoms with Crippen LogP contribution in [0.25, 0.3) is 0 Å². The molecule has 0 N–H and O–H groups in total. The Balaban J connectivity index is 1.83. The Morgan fingerprint density at radius 1 is 1.54 bits per heavy atom. The van der Waals surface area contributed by atoms with Gasteiger partial charge in [-0.05, 0) is 39.2 Å². The highest BCUT2D eigenvalue weighted by Gasteiger charge is 2.45. The Morgan fingerprint density at radius 3 is 2.77 bits per heavy atom. The number of likely N-dealkylation sites (tertiary alicyclic amines) is 1. The maximum absolute atomic E-state index is 5.26. The third-order valence-corrected chi connectivity index (χ3v) is 3.86. The molecule has 1 saturated carbocycles. The molecule has 2 fully saturated rings. The average molecular weight is 295 g/mol. The van der Waals surface area contributed by atoms with E-state index in [4.69, 9.17) is 3.07 Å². The van der Waals surface area contributed by atoms with Crippen LogP contribution in [-0.2, 0) is 3.07 Å². The normalized spacial score (nSPS) is 32.3. The number of nitrogens with zero attached hydrogens (tertiary/aromatic N) is 1. The summed E-state index contributed by atoms with van der Waals surface area (Å²) in [6, 6.07) is 0.812. The van der Waals surface area contributed by atoms with Crippen molar-refractivity contribution in [1.29, 1.82) is 0 Å². The van der Waals surface area contributed by atoms with Gasteiger partial charge in [-0.2, -0.15) is 0 Å². The van der Waals surface area contributed by atoms with Crippen LogP contribution < -0.4 is 0 Å². The zero-order valence-electron chi connectivity index (χ0n) is 8.26. The smallest absolute Gasteiger partial charge is 0.109 e. The molecular weight excluding hydrogens is 277 g/mol. The molecular formula is C10H18INO. The molecule has 76 valence electrons. The largest absolute Gasteiger partial charge is 0.315 e. The number of hydrogen-bond acceptors (Lipinski definition) is 2. The van der Waals surface area contributed by atoms with E-state index in [1.165, 1.54) is 38.8 Å². The van der Waals surface area contributed by atoms with Gasteiger partial charge in [0.1, 0.15) is 23.0 Å². The summed E-state index contributed by atoms with van der Waals surface area (Å²) < 4.78 is 5.26. The molecule has 2 aliphatic rings. The second-order valence-corrected chi connectivity index (χ2v) is 5.34. The van der Waals surface area contributed by atoms with Crippen LogP contribution in [0.4, 0.5) is 0 Å². The molecule has 0 bridgehead atoms. The van der Waals surface area contributed by atoms with Gasteiger partial charge in [-0.15, -0.1) is 0 Å². The predicted molar refractivity (Wildman–Crippen MR) is 61.9 cm³/mol. The van der Waals surface area contributed by atoms with E-state index in [0.29, 0.717) is 5.41 Å². The predicted octanol–water partition coefficient (Wildman–Crippen LogP) is 2.62. The first-order valence-corrected chi connectivity index (χ1v) is 6.11. The molecule has 1 aliphatic carbocycles. The molecule has 0 spiro atoms. The minimum absolute atomic E-state index is 0.541. The molecule has 0 radical (unpaired) electrons. The van der Waals surface area contributed by atoms with Crippen molar-refractivity contribution >= 4 is 23.0 Å². The summed E-state index contributed by atoms with van der Waals surface area (Å²) in [5.41, 5.74) is 0.541. The first-order valence-electron chi connectivity index (χ1n) is 5.23. The first kappa shape index (κ1) is 10.2. The summed E-state index contributed by atoms with van der Waals surface area (Å²) in [5, 5.41) is 0. The van der Waals surface area contributed by atoms with Crippen molar-refractivity contribution in [1.82, 2.24) is 4.90 Å². The number of hydrogen-bond donors (Lipinski definition) is 0. The minimum atomic E-state index is 0.541. The fourth-order valence-corrected chi connectivity index (χ4v) is 2.96. The van der Waals surface area contributed by atoms with Crippen molar-refractivity contribution < 1.29 is 3.07 Å². The molecule has 1 aliphatic heterocycles. The Labute approximate surface area is 94.7 Å². The van der Waals surface area contributed by atoms with Crippen molar-refractivity contribution in [3.8, 4) is 0 Å². The van der Waals surface area contributed by atoms with Crippen LogP contribution >= 0.6 is 23.0 Å². The lowest BCUT2D eigenvalue weighted by molar-refractivity contribution is 0.179. The van der Waals surface area contributed by atoms with E-state index in [1.807, 2.05) is 23.0 Å². The van der Waals surface area contributed by atoms with E-state index < -0.39 is 0 Å². The molecule has 13 heavy (non-hydrogen) atoms. The summed E-state index contributed by atoms with van der Waals surface area (Å²) in [5.74, 6) is 0. The molecule has 2 nitrogen and oxygen atoms in total. The molecule has 1 saturated heterocycles. The average Bonchev–Trinajstić information content (AvgIpc) is 2.73. The van der Waals surface area contributed by atoms with Crippen molar-refractivity contribution in [2.45, 2.75) is 38.6 Å². The van der Waals surface area contributed by atoms with Gasteiger partial charge < -0.3 is 7.97 Å². The van der Waals surface area contributed by atoms with Crippen molar-refractivity contribution in [2.75, 3.05) is 19.7 Å². The van der Waals surface area contributed by atoms with Crippen LogP contribution in [0.2, 0.25) is 0 Å². The molecule has 0 amide bonds. The Morgan fingerprint density at radius 2 is 2.31 bits per heavy atom. The minimum Gasteiger partial charge on any atom is -0.315 e. The van der Waals surface area contributed by atoms with E-state index in [0.717, 1.165) is 12.6 Å². The van der Waals surface area contributed by atoms with E-state index in [9.17, 15) is 0 Å². The lowest BCUT2D eigenvalue weighted by Crippen LogP contribution is -2.34. The number of halogens is 1. The van der Waals surface area contributed by atoms with Crippen molar-refractivity contribution in [3.63, 3.8) is 0 Å². The summed E-state index contributed by atoms with van der Waals surface area (Å²) >= 11 is 2.03. The third kappa shape index (κ3) is 2.36. The van der Waals surface area contributed by atoms with Crippen molar-refractivity contribution in [3.05, 3.63) is 0 Å². The van der Waals surface area contributed by atoms with Crippen LogP contribution in [0.1, 0.15) is 32.6 Å². The standard InChI is InChI=1S/C10H18INO/c1-9-3-2-6-12(9)7-10(4-5-10)8-13-11/h9H,2-8H2,1H3/t9-/m1/s1. The zero-order valence-corrected chi connectivity index (χ0v) is 10.4.